The van der Waals surface area contributed by atoms with Crippen molar-refractivity contribution in [1.82, 2.24) is 15.7 Å². The van der Waals surface area contributed by atoms with E-state index in [1.165, 1.54) is 12.1 Å². The van der Waals surface area contributed by atoms with Crippen LogP contribution in [0.25, 0.3) is 0 Å². The molecule has 2 aliphatic rings. The Morgan fingerprint density at radius 1 is 1.08 bits per heavy atom. The van der Waals surface area contributed by atoms with E-state index in [-0.39, 0.29) is 24.7 Å². The number of hydrogen-bond donors (Lipinski definition) is 5. The molecule has 1 heterocycles. The van der Waals surface area contributed by atoms with Crippen molar-refractivity contribution in [3.05, 3.63) is 65.2 Å². The Balaban J connectivity index is 1.61. The van der Waals surface area contributed by atoms with Crippen LogP contribution in [0.15, 0.2) is 48.5 Å². The minimum atomic E-state index is -0.916. The minimum Gasteiger partial charge on any atom is -0.508 e. The second kappa shape index (κ2) is 12.3. The van der Waals surface area contributed by atoms with Gasteiger partial charge in [-0.2, -0.15) is 0 Å². The number of fused-ring (bicyclic) bond motifs is 1. The summed E-state index contributed by atoms with van der Waals surface area (Å²) < 4.78 is 5.09. The van der Waals surface area contributed by atoms with Crippen LogP contribution in [0, 0.1) is 17.8 Å². The molecule has 0 saturated carbocycles. The highest BCUT2D eigenvalue weighted by Crippen LogP contribution is 2.36. The third kappa shape index (κ3) is 6.08. The normalized spacial score (nSPS) is 20.8. The zero-order valence-electron chi connectivity index (χ0n) is 21.4. The van der Waals surface area contributed by atoms with Crippen molar-refractivity contribution in [2.75, 3.05) is 19.7 Å². The maximum atomic E-state index is 13.9. The molecule has 4 atom stereocenters. The summed E-state index contributed by atoms with van der Waals surface area (Å²) in [5.74, 6) is -3.22. The average Bonchev–Trinajstić information content (AvgIpc) is 3.23. The Labute approximate surface area is 221 Å². The van der Waals surface area contributed by atoms with Gasteiger partial charge in [-0.25, -0.2) is 10.3 Å². The molecule has 1 aliphatic heterocycles. The predicted molar refractivity (Wildman–Crippen MR) is 137 cm³/mol. The number of amides is 3. The fraction of sp³-hybridized carbons (Fsp3) is 0.464. The van der Waals surface area contributed by atoms with E-state index in [9.17, 15) is 29.8 Å². The van der Waals surface area contributed by atoms with Crippen LogP contribution in [0.5, 0.6) is 5.75 Å². The van der Waals surface area contributed by atoms with Gasteiger partial charge in [0.15, 0.2) is 0 Å². The van der Waals surface area contributed by atoms with Gasteiger partial charge < -0.3 is 25.2 Å². The number of phenolic OH excluding ortho intramolecular Hbond substituents is 1. The largest absolute Gasteiger partial charge is 0.508 e. The van der Waals surface area contributed by atoms with Gasteiger partial charge in [0.2, 0.25) is 11.8 Å². The van der Waals surface area contributed by atoms with Crippen LogP contribution in [-0.2, 0) is 27.2 Å². The van der Waals surface area contributed by atoms with Crippen molar-refractivity contribution in [2.24, 2.45) is 17.8 Å². The van der Waals surface area contributed by atoms with Gasteiger partial charge in [0.05, 0.1) is 30.6 Å². The molecule has 10 nitrogen and oxygen atoms in total. The van der Waals surface area contributed by atoms with Gasteiger partial charge in [-0.05, 0) is 60.9 Å². The highest BCUT2D eigenvalue weighted by Gasteiger charge is 2.43. The minimum absolute atomic E-state index is 0.0349. The van der Waals surface area contributed by atoms with E-state index in [1.807, 2.05) is 24.3 Å². The van der Waals surface area contributed by atoms with Gasteiger partial charge >= 0.3 is 6.09 Å². The summed E-state index contributed by atoms with van der Waals surface area (Å²) >= 11 is 0. The Morgan fingerprint density at radius 2 is 1.82 bits per heavy atom. The van der Waals surface area contributed by atoms with Crippen LogP contribution in [0.3, 0.4) is 0 Å². The van der Waals surface area contributed by atoms with Crippen molar-refractivity contribution in [1.29, 1.82) is 0 Å². The summed E-state index contributed by atoms with van der Waals surface area (Å²) in [4.78, 5) is 40.7. The molecule has 1 aliphatic carbocycles. The first kappa shape index (κ1) is 27.4. The number of carbonyl (C=O) groups is 3. The van der Waals surface area contributed by atoms with Crippen LogP contribution in [0.2, 0.25) is 0 Å². The number of ether oxygens (including phenoxy) is 1. The number of nitrogens with one attached hydrogen (secondary N) is 2. The monoisotopic (exact) mass is 525 g/mol. The quantitative estimate of drug-likeness (QED) is 0.262. The van der Waals surface area contributed by atoms with Gasteiger partial charge in [0.1, 0.15) is 5.75 Å². The van der Waals surface area contributed by atoms with Crippen molar-refractivity contribution in [3.8, 4) is 5.75 Å². The number of hydrogen-bond acceptors (Lipinski definition) is 7. The molecule has 0 radical (unpaired) electrons. The lowest BCUT2D eigenvalue weighted by Crippen LogP contribution is -2.50. The summed E-state index contributed by atoms with van der Waals surface area (Å²) in [6.45, 7) is 2.70. The number of likely N-dealkylation sites (tertiary alicyclic amines) is 1. The second-order valence-electron chi connectivity index (χ2n) is 9.96. The van der Waals surface area contributed by atoms with E-state index in [0.29, 0.717) is 37.9 Å². The summed E-state index contributed by atoms with van der Waals surface area (Å²) in [7, 11) is 0. The van der Waals surface area contributed by atoms with Crippen molar-refractivity contribution >= 4 is 17.9 Å². The number of rotatable bonds is 8. The molecule has 5 N–H and O–H groups in total. The van der Waals surface area contributed by atoms with E-state index >= 15 is 0 Å². The number of phenols is 1. The highest BCUT2D eigenvalue weighted by molar-refractivity contribution is 5.88. The summed E-state index contributed by atoms with van der Waals surface area (Å²) in [6, 6.07) is 13.4. The predicted octanol–water partition coefficient (Wildman–Crippen LogP) is 2.32. The molecule has 0 bridgehead atoms. The van der Waals surface area contributed by atoms with Crippen molar-refractivity contribution in [3.63, 3.8) is 0 Å². The molecule has 1 saturated heterocycles. The second-order valence-corrected chi connectivity index (χ2v) is 9.96. The smallest absolute Gasteiger partial charge is 0.409 e. The van der Waals surface area contributed by atoms with E-state index in [4.69, 9.17) is 4.74 Å². The van der Waals surface area contributed by atoms with Gasteiger partial charge in [-0.15, -0.1) is 0 Å². The van der Waals surface area contributed by atoms with E-state index in [2.05, 4.69) is 5.32 Å². The molecule has 0 aromatic heterocycles. The molecule has 10 heteroatoms. The van der Waals surface area contributed by atoms with Gasteiger partial charge in [-0.1, -0.05) is 36.4 Å². The van der Waals surface area contributed by atoms with Gasteiger partial charge in [0.25, 0.3) is 0 Å². The number of piperidine rings is 1. The zero-order valence-corrected chi connectivity index (χ0v) is 21.4. The number of aliphatic hydroxyl groups excluding tert-OH is 1. The third-order valence-corrected chi connectivity index (χ3v) is 7.62. The molecule has 4 rings (SSSR count). The number of carbonyl (C=O) groups excluding carboxylic acids is 3. The summed E-state index contributed by atoms with van der Waals surface area (Å²) in [5.41, 5.74) is 4.17. The number of aliphatic hydroxyl groups is 1. The molecular formula is C28H35N3O7. The van der Waals surface area contributed by atoms with Crippen molar-refractivity contribution < 1.29 is 34.5 Å². The molecule has 3 amide bonds. The molecule has 38 heavy (non-hydrogen) atoms. The van der Waals surface area contributed by atoms with Crippen LogP contribution >= 0.6 is 0 Å². The third-order valence-electron chi connectivity index (χ3n) is 7.62. The van der Waals surface area contributed by atoms with E-state index < -0.39 is 41.9 Å². The van der Waals surface area contributed by atoms with Crippen LogP contribution in [-0.4, -0.2) is 64.0 Å². The molecule has 1 fully saturated rings. The number of aromatic hydroxyl groups is 1. The Morgan fingerprint density at radius 3 is 2.50 bits per heavy atom. The van der Waals surface area contributed by atoms with Gasteiger partial charge in [-0.3, -0.25) is 14.8 Å². The van der Waals surface area contributed by atoms with Crippen molar-refractivity contribution in [2.45, 2.75) is 44.8 Å². The first-order chi connectivity index (χ1) is 18.3. The molecule has 0 spiro atoms. The Hall–Kier alpha value is -3.63. The number of benzene rings is 2. The Bertz CT molecular complexity index is 1150. The van der Waals surface area contributed by atoms with E-state index in [0.717, 1.165) is 11.1 Å². The fourth-order valence-corrected chi connectivity index (χ4v) is 5.78. The number of nitrogens with zero attached hydrogens (tertiary/aromatic N) is 1. The lowest BCUT2D eigenvalue weighted by atomic mass is 9.73. The molecular weight excluding hydrogens is 490 g/mol. The fourth-order valence-electron chi connectivity index (χ4n) is 5.78. The highest BCUT2D eigenvalue weighted by atomic mass is 16.6. The molecule has 2 aromatic rings. The molecule has 2 aromatic carbocycles. The Kier molecular flexibility index (Phi) is 8.85. The zero-order chi connectivity index (χ0) is 27.2. The van der Waals surface area contributed by atoms with Crippen LogP contribution < -0.4 is 10.8 Å². The maximum absolute atomic E-state index is 13.9. The lowest BCUT2D eigenvalue weighted by molar-refractivity contribution is -0.144. The summed E-state index contributed by atoms with van der Waals surface area (Å²) in [5, 5.41) is 33.3. The SMILES string of the molecule is CCOC(=O)N1CCC([C@H](C(=O)NO)[C@@H](Cc2cccc(O)c2)C(=O)N[C@H]2c3ccccc3C[C@H]2O)CC1. The number of hydroxylamine groups is 1. The van der Waals surface area contributed by atoms with Crippen LogP contribution in [0.4, 0.5) is 4.79 Å². The first-order valence-corrected chi connectivity index (χ1v) is 13.0. The lowest BCUT2D eigenvalue weighted by Gasteiger charge is -2.37. The topological polar surface area (TPSA) is 148 Å². The first-order valence-electron chi connectivity index (χ1n) is 13.0. The van der Waals surface area contributed by atoms with Gasteiger partial charge in [0, 0.05) is 19.5 Å². The maximum Gasteiger partial charge on any atom is 0.409 e. The average molecular weight is 526 g/mol. The standard InChI is InChI=1S/C28H35N3O7/c1-2-38-28(36)31-12-10-18(11-13-31)24(27(35)30-37)22(15-17-6-5-8-20(32)14-17)26(34)29-25-21-9-4-3-7-19(21)16-23(25)33/h3-9,14,18,22-25,32-33,37H,2,10-13,15-16H2,1H3,(H,29,34)(H,30,35)/t22-,23-,24+,25+/m1/s1. The molecule has 204 valence electrons. The molecule has 0 unspecified atom stereocenters. The van der Waals surface area contributed by atoms with Crippen LogP contribution in [0.1, 0.15) is 42.5 Å². The van der Waals surface area contributed by atoms with E-state index in [1.54, 1.807) is 29.4 Å². The summed E-state index contributed by atoms with van der Waals surface area (Å²) in [6.07, 6.45) is 0.185.